The highest BCUT2D eigenvalue weighted by atomic mass is 79.9. The quantitative estimate of drug-likeness (QED) is 0.413. The summed E-state index contributed by atoms with van der Waals surface area (Å²) in [6.07, 6.45) is 4.72. The number of benzene rings is 3. The summed E-state index contributed by atoms with van der Waals surface area (Å²) in [5, 5.41) is 2.86. The number of carbonyl (C=O) groups is 1. The first-order chi connectivity index (χ1) is 16.9. The van der Waals surface area contributed by atoms with Gasteiger partial charge in [0.25, 0.3) is 5.91 Å². The Labute approximate surface area is 214 Å². The second-order valence-corrected chi connectivity index (χ2v) is 11.7. The highest BCUT2D eigenvalue weighted by molar-refractivity contribution is 9.10. The second kappa shape index (κ2) is 10.1. The highest BCUT2D eigenvalue weighted by Gasteiger charge is 2.29. The van der Waals surface area contributed by atoms with Gasteiger partial charge in [-0.15, -0.1) is 0 Å². The molecule has 35 heavy (non-hydrogen) atoms. The van der Waals surface area contributed by atoms with Crippen LogP contribution >= 0.6 is 15.9 Å². The fourth-order valence-electron chi connectivity index (χ4n) is 4.96. The minimum atomic E-state index is -3.85. The maximum absolute atomic E-state index is 13.8. The van der Waals surface area contributed by atoms with Gasteiger partial charge in [0.1, 0.15) is 4.90 Å². The van der Waals surface area contributed by atoms with Crippen molar-refractivity contribution in [1.82, 2.24) is 4.72 Å². The monoisotopic (exact) mass is 553 g/mol. The van der Waals surface area contributed by atoms with E-state index in [1.165, 1.54) is 5.56 Å². The second-order valence-electron chi connectivity index (χ2n) is 9.10. The normalized spacial score (nSPS) is 17.7. The lowest BCUT2D eigenvalue weighted by Gasteiger charge is -2.28. The Morgan fingerprint density at radius 2 is 1.69 bits per heavy atom. The van der Waals surface area contributed by atoms with Gasteiger partial charge >= 0.3 is 0 Å². The SMILES string of the molecule is O=C(Nc1ccc(N2CCCC2)c(S(=O)(=O)N[C@@H]2CCCc3ccccc32)c1)c1ccc(Br)cc1. The number of carbonyl (C=O) groups excluding carboxylic acids is 1. The Morgan fingerprint density at radius 1 is 0.943 bits per heavy atom. The van der Waals surface area contributed by atoms with Crippen molar-refractivity contribution < 1.29 is 13.2 Å². The van der Waals surface area contributed by atoms with Crippen LogP contribution in [0.3, 0.4) is 0 Å². The Kier molecular flexibility index (Phi) is 6.95. The summed E-state index contributed by atoms with van der Waals surface area (Å²) in [7, 11) is -3.85. The van der Waals surface area contributed by atoms with Gasteiger partial charge < -0.3 is 10.2 Å². The maximum atomic E-state index is 13.8. The zero-order valence-electron chi connectivity index (χ0n) is 19.3. The van der Waals surface area contributed by atoms with E-state index in [-0.39, 0.29) is 16.8 Å². The average Bonchev–Trinajstić information content (AvgIpc) is 3.39. The Balaban J connectivity index is 1.47. The smallest absolute Gasteiger partial charge is 0.255 e. The van der Waals surface area contributed by atoms with Crippen LogP contribution in [-0.4, -0.2) is 27.4 Å². The first-order valence-corrected chi connectivity index (χ1v) is 14.2. The molecule has 1 saturated heterocycles. The molecular weight excluding hydrogens is 526 g/mol. The number of halogens is 1. The van der Waals surface area contributed by atoms with E-state index in [0.29, 0.717) is 16.9 Å². The lowest BCUT2D eigenvalue weighted by atomic mass is 9.88. The van der Waals surface area contributed by atoms with Crippen LogP contribution in [0.1, 0.15) is 53.2 Å². The molecule has 8 heteroatoms. The Hall–Kier alpha value is -2.68. The number of hydrogen-bond donors (Lipinski definition) is 2. The van der Waals surface area contributed by atoms with Crippen molar-refractivity contribution in [3.63, 3.8) is 0 Å². The summed E-state index contributed by atoms with van der Waals surface area (Å²) >= 11 is 3.37. The third-order valence-electron chi connectivity index (χ3n) is 6.73. The van der Waals surface area contributed by atoms with E-state index in [0.717, 1.165) is 55.2 Å². The molecule has 0 aromatic heterocycles. The van der Waals surface area contributed by atoms with Crippen molar-refractivity contribution in [2.75, 3.05) is 23.3 Å². The summed E-state index contributed by atoms with van der Waals surface area (Å²) in [5.74, 6) is -0.288. The van der Waals surface area contributed by atoms with E-state index in [4.69, 9.17) is 0 Å². The number of fused-ring (bicyclic) bond motifs is 1. The first-order valence-electron chi connectivity index (χ1n) is 12.0. The van der Waals surface area contributed by atoms with Crippen molar-refractivity contribution >= 4 is 43.2 Å². The third-order valence-corrected chi connectivity index (χ3v) is 8.76. The fraction of sp³-hybridized carbons (Fsp3) is 0.296. The molecule has 182 valence electrons. The van der Waals surface area contributed by atoms with Gasteiger partial charge in [0, 0.05) is 34.9 Å². The predicted octanol–water partition coefficient (Wildman–Crippen LogP) is 5.66. The molecule has 0 bridgehead atoms. The van der Waals surface area contributed by atoms with Gasteiger partial charge in [-0.25, -0.2) is 13.1 Å². The van der Waals surface area contributed by atoms with Crippen LogP contribution in [-0.2, 0) is 16.4 Å². The number of hydrogen-bond acceptors (Lipinski definition) is 4. The standard InChI is InChI=1S/C27H28BrN3O3S/c28-21-12-10-20(11-13-21)27(32)29-22-14-15-25(31-16-3-4-17-31)26(18-22)35(33,34)30-24-9-5-7-19-6-1-2-8-23(19)24/h1-2,6,8,10-15,18,24,30H,3-5,7,9,16-17H2,(H,29,32)/t24-/m1/s1. The van der Waals surface area contributed by atoms with Crippen LogP contribution in [0.25, 0.3) is 0 Å². The van der Waals surface area contributed by atoms with Gasteiger partial charge in [0.2, 0.25) is 10.0 Å². The van der Waals surface area contributed by atoms with Crippen LogP contribution in [0, 0.1) is 0 Å². The molecule has 1 aliphatic heterocycles. The van der Waals surface area contributed by atoms with E-state index in [9.17, 15) is 13.2 Å². The summed E-state index contributed by atoms with van der Waals surface area (Å²) in [6, 6.07) is 20.0. The average molecular weight is 555 g/mol. The lowest BCUT2D eigenvalue weighted by molar-refractivity contribution is 0.102. The molecule has 5 rings (SSSR count). The van der Waals surface area contributed by atoms with Crippen molar-refractivity contribution in [3.05, 3.63) is 87.9 Å². The Morgan fingerprint density at radius 3 is 2.46 bits per heavy atom. The number of anilines is 2. The number of nitrogens with zero attached hydrogens (tertiary/aromatic N) is 1. The van der Waals surface area contributed by atoms with Crippen molar-refractivity contribution in [2.24, 2.45) is 0 Å². The topological polar surface area (TPSA) is 78.5 Å². The summed E-state index contributed by atoms with van der Waals surface area (Å²) < 4.78 is 31.4. The molecule has 1 aliphatic carbocycles. The molecule has 0 spiro atoms. The van der Waals surface area contributed by atoms with Crippen LogP contribution in [0.5, 0.6) is 0 Å². The highest BCUT2D eigenvalue weighted by Crippen LogP contribution is 2.35. The third kappa shape index (κ3) is 5.29. The minimum Gasteiger partial charge on any atom is -0.370 e. The fourth-order valence-corrected chi connectivity index (χ4v) is 6.72. The number of rotatable bonds is 6. The van der Waals surface area contributed by atoms with Gasteiger partial charge in [-0.05, 0) is 85.7 Å². The summed E-state index contributed by atoms with van der Waals surface area (Å²) in [6.45, 7) is 1.64. The van der Waals surface area contributed by atoms with E-state index in [2.05, 4.69) is 36.9 Å². The van der Waals surface area contributed by atoms with Gasteiger partial charge in [-0.3, -0.25) is 4.79 Å². The molecule has 1 atom stereocenters. The molecule has 2 N–H and O–H groups in total. The number of nitrogens with one attached hydrogen (secondary N) is 2. The van der Waals surface area contributed by atoms with Crippen molar-refractivity contribution in [1.29, 1.82) is 0 Å². The molecule has 3 aromatic rings. The summed E-state index contributed by atoms with van der Waals surface area (Å²) in [4.78, 5) is 15.1. The largest absolute Gasteiger partial charge is 0.370 e. The van der Waals surface area contributed by atoms with Crippen molar-refractivity contribution in [2.45, 2.75) is 43.0 Å². The van der Waals surface area contributed by atoms with Crippen LogP contribution in [0.4, 0.5) is 11.4 Å². The lowest BCUT2D eigenvalue weighted by Crippen LogP contribution is -2.32. The first kappa shape index (κ1) is 24.0. The zero-order chi connectivity index (χ0) is 24.4. The number of amides is 1. The molecule has 0 unspecified atom stereocenters. The van der Waals surface area contributed by atoms with E-state index in [1.807, 2.05) is 24.3 Å². The molecule has 3 aromatic carbocycles. The van der Waals surface area contributed by atoms with Gasteiger partial charge in [0.05, 0.1) is 5.69 Å². The molecule has 6 nitrogen and oxygen atoms in total. The predicted molar refractivity (Wildman–Crippen MR) is 142 cm³/mol. The maximum Gasteiger partial charge on any atom is 0.255 e. The van der Waals surface area contributed by atoms with Crippen LogP contribution in [0.15, 0.2) is 76.1 Å². The number of sulfonamides is 1. The molecule has 1 heterocycles. The van der Waals surface area contributed by atoms with Crippen molar-refractivity contribution in [3.8, 4) is 0 Å². The van der Waals surface area contributed by atoms with E-state index >= 15 is 0 Å². The summed E-state index contributed by atoms with van der Waals surface area (Å²) in [5.41, 5.74) is 3.87. The zero-order valence-corrected chi connectivity index (χ0v) is 21.7. The molecule has 2 aliphatic rings. The van der Waals surface area contributed by atoms with Gasteiger partial charge in [-0.2, -0.15) is 0 Å². The van der Waals surface area contributed by atoms with E-state index < -0.39 is 10.0 Å². The van der Waals surface area contributed by atoms with Crippen LogP contribution < -0.4 is 14.9 Å². The van der Waals surface area contributed by atoms with E-state index in [1.54, 1.807) is 36.4 Å². The molecular formula is C27H28BrN3O3S. The molecule has 0 saturated carbocycles. The Bertz CT molecular complexity index is 1340. The molecule has 1 amide bonds. The molecule has 0 radical (unpaired) electrons. The van der Waals surface area contributed by atoms with Gasteiger partial charge in [0.15, 0.2) is 0 Å². The van der Waals surface area contributed by atoms with Crippen LogP contribution in [0.2, 0.25) is 0 Å². The molecule has 1 fully saturated rings. The minimum absolute atomic E-state index is 0.205. The number of aryl methyl sites for hydroxylation is 1. The van der Waals surface area contributed by atoms with Gasteiger partial charge in [-0.1, -0.05) is 40.2 Å².